The van der Waals surface area contributed by atoms with Crippen molar-refractivity contribution in [2.45, 2.75) is 13.1 Å². The summed E-state index contributed by atoms with van der Waals surface area (Å²) < 4.78 is 35.6. The van der Waals surface area contributed by atoms with Crippen molar-refractivity contribution >= 4 is 5.84 Å². The molecular weight excluding hydrogens is 157 g/mol. The normalized spacial score (nSPS) is 17.1. The second-order valence-corrected chi connectivity index (χ2v) is 1.99. The maximum Gasteiger partial charge on any atom is 0.438 e. The van der Waals surface area contributed by atoms with Crippen molar-refractivity contribution < 1.29 is 13.2 Å². The highest BCUT2D eigenvalue weighted by molar-refractivity contribution is 5.82. The van der Waals surface area contributed by atoms with Gasteiger partial charge in [0, 0.05) is 0 Å². The van der Waals surface area contributed by atoms with Crippen molar-refractivity contribution in [3.8, 4) is 0 Å². The molecule has 11 heavy (non-hydrogen) atoms. The number of alkyl halides is 3. The van der Waals surface area contributed by atoms with Crippen LogP contribution in [0.4, 0.5) is 13.2 Å². The van der Waals surface area contributed by atoms with Gasteiger partial charge in [0.2, 0.25) is 0 Å². The highest BCUT2D eigenvalue weighted by Gasteiger charge is 2.34. The van der Waals surface area contributed by atoms with Crippen LogP contribution in [0.25, 0.3) is 0 Å². The SMILES string of the molecule is CC1=NC=C=C(C(F)(F)F)N1. The molecule has 0 aromatic heterocycles. The molecule has 0 saturated heterocycles. The van der Waals surface area contributed by atoms with E-state index in [1.54, 1.807) is 0 Å². The lowest BCUT2D eigenvalue weighted by atomic mass is 10.4. The third-order valence-corrected chi connectivity index (χ3v) is 1.06. The van der Waals surface area contributed by atoms with Gasteiger partial charge in [0.05, 0.1) is 6.20 Å². The monoisotopic (exact) mass is 162 g/mol. The van der Waals surface area contributed by atoms with Crippen LogP contribution >= 0.6 is 0 Å². The fourth-order valence-corrected chi connectivity index (χ4v) is 0.596. The number of hydrogen-bond donors (Lipinski definition) is 1. The lowest BCUT2D eigenvalue weighted by Crippen LogP contribution is -2.30. The van der Waals surface area contributed by atoms with Gasteiger partial charge in [-0.25, -0.2) is 4.99 Å². The Morgan fingerprint density at radius 2 is 2.18 bits per heavy atom. The van der Waals surface area contributed by atoms with Crippen molar-refractivity contribution in [2.75, 3.05) is 0 Å². The molecule has 0 saturated carbocycles. The van der Waals surface area contributed by atoms with Crippen molar-refractivity contribution in [1.82, 2.24) is 5.32 Å². The first-order chi connectivity index (χ1) is 5.00. The molecule has 0 bridgehead atoms. The van der Waals surface area contributed by atoms with Gasteiger partial charge in [-0.2, -0.15) is 13.2 Å². The molecule has 1 rings (SSSR count). The Labute approximate surface area is 61.1 Å². The van der Waals surface area contributed by atoms with Crippen LogP contribution in [-0.4, -0.2) is 12.0 Å². The molecule has 0 atom stereocenters. The van der Waals surface area contributed by atoms with Crippen molar-refractivity contribution in [2.24, 2.45) is 4.99 Å². The quantitative estimate of drug-likeness (QED) is 0.537. The highest BCUT2D eigenvalue weighted by atomic mass is 19.4. The summed E-state index contributed by atoms with van der Waals surface area (Å²) in [5.74, 6) is 0.219. The van der Waals surface area contributed by atoms with Crippen molar-refractivity contribution in [3.63, 3.8) is 0 Å². The van der Waals surface area contributed by atoms with Crippen LogP contribution in [0.15, 0.2) is 22.6 Å². The standard InChI is InChI=1S/C6H5F3N2/c1-4-10-3-2-5(11-4)6(7,8)9/h3H,1H3,(H,10,11). The maximum atomic E-state index is 11.9. The van der Waals surface area contributed by atoms with Gasteiger partial charge in [0.1, 0.15) is 5.84 Å². The third kappa shape index (κ3) is 1.85. The minimum atomic E-state index is -4.37. The number of rotatable bonds is 0. The molecule has 0 unspecified atom stereocenters. The summed E-state index contributed by atoms with van der Waals surface area (Å²) in [6.45, 7) is 1.45. The predicted molar refractivity (Wildman–Crippen MR) is 33.9 cm³/mol. The van der Waals surface area contributed by atoms with Crippen molar-refractivity contribution in [1.29, 1.82) is 0 Å². The first-order valence-electron chi connectivity index (χ1n) is 2.84. The molecule has 0 amide bonds. The lowest BCUT2D eigenvalue weighted by molar-refractivity contribution is -0.0947. The van der Waals surface area contributed by atoms with Crippen LogP contribution in [0.1, 0.15) is 6.92 Å². The predicted octanol–water partition coefficient (Wildman–Crippen LogP) is 1.57. The van der Waals surface area contributed by atoms with Gasteiger partial charge in [-0.05, 0) is 6.92 Å². The summed E-state index contributed by atoms with van der Waals surface area (Å²) >= 11 is 0. The summed E-state index contributed by atoms with van der Waals surface area (Å²) in [5, 5.41) is 2.06. The van der Waals surface area contributed by atoms with Crippen LogP contribution in [0.2, 0.25) is 0 Å². The average molecular weight is 162 g/mol. The fourth-order valence-electron chi connectivity index (χ4n) is 0.596. The molecular formula is C6H5F3N2. The number of halogens is 3. The smallest absolute Gasteiger partial charge is 0.333 e. The van der Waals surface area contributed by atoms with Gasteiger partial charge in [-0.15, -0.1) is 0 Å². The van der Waals surface area contributed by atoms with Gasteiger partial charge in [0.25, 0.3) is 0 Å². The minimum absolute atomic E-state index is 0.219. The van der Waals surface area contributed by atoms with Crippen LogP contribution in [0.5, 0.6) is 0 Å². The second kappa shape index (κ2) is 2.43. The fraction of sp³-hybridized carbons (Fsp3) is 0.333. The molecule has 0 aliphatic carbocycles. The van der Waals surface area contributed by atoms with Gasteiger partial charge in [-0.3, -0.25) is 0 Å². The van der Waals surface area contributed by atoms with Gasteiger partial charge >= 0.3 is 6.18 Å². The largest absolute Gasteiger partial charge is 0.438 e. The Kier molecular flexibility index (Phi) is 1.74. The van der Waals surface area contributed by atoms with E-state index in [0.717, 1.165) is 6.20 Å². The molecule has 60 valence electrons. The number of nitrogens with one attached hydrogen (secondary N) is 1. The number of aliphatic imine (C=N–C) groups is 1. The highest BCUT2D eigenvalue weighted by Crippen LogP contribution is 2.23. The van der Waals surface area contributed by atoms with Crippen LogP contribution in [0, 0.1) is 0 Å². The van der Waals surface area contributed by atoms with Crippen LogP contribution in [-0.2, 0) is 0 Å². The number of nitrogens with zero attached hydrogens (tertiary/aromatic N) is 1. The average Bonchev–Trinajstić information content (AvgIpc) is 1.86. The molecule has 2 nitrogen and oxygen atoms in total. The van der Waals surface area contributed by atoms with E-state index in [9.17, 15) is 13.2 Å². The Bertz CT molecular complexity index is 255. The molecule has 0 aromatic carbocycles. The van der Waals surface area contributed by atoms with Gasteiger partial charge in [0.15, 0.2) is 5.70 Å². The molecule has 0 aromatic rings. The van der Waals surface area contributed by atoms with E-state index >= 15 is 0 Å². The summed E-state index contributed by atoms with van der Waals surface area (Å²) in [4.78, 5) is 3.54. The third-order valence-electron chi connectivity index (χ3n) is 1.06. The molecule has 1 aliphatic heterocycles. The number of allylic oxidation sites excluding steroid dienone is 1. The zero-order valence-corrected chi connectivity index (χ0v) is 5.66. The first-order valence-corrected chi connectivity index (χ1v) is 2.84. The Morgan fingerprint density at radius 1 is 1.55 bits per heavy atom. The summed E-state index contributed by atoms with van der Waals surface area (Å²) in [6.07, 6.45) is -3.37. The molecule has 0 fully saturated rings. The van der Waals surface area contributed by atoms with Crippen LogP contribution < -0.4 is 5.32 Å². The van der Waals surface area contributed by atoms with E-state index < -0.39 is 11.9 Å². The van der Waals surface area contributed by atoms with E-state index in [1.165, 1.54) is 6.92 Å². The van der Waals surface area contributed by atoms with Gasteiger partial charge < -0.3 is 5.32 Å². The molecule has 1 aliphatic rings. The molecule has 1 heterocycles. The maximum absolute atomic E-state index is 11.9. The minimum Gasteiger partial charge on any atom is -0.333 e. The number of hydrogen-bond acceptors (Lipinski definition) is 2. The van der Waals surface area contributed by atoms with E-state index in [2.05, 4.69) is 10.3 Å². The van der Waals surface area contributed by atoms with E-state index in [4.69, 9.17) is 0 Å². The lowest BCUT2D eigenvalue weighted by Gasteiger charge is -2.12. The van der Waals surface area contributed by atoms with Crippen molar-refractivity contribution in [3.05, 3.63) is 17.6 Å². The zero-order chi connectivity index (χ0) is 8.48. The molecule has 0 radical (unpaired) electrons. The van der Waals surface area contributed by atoms with E-state index in [0.29, 0.717) is 0 Å². The second-order valence-electron chi connectivity index (χ2n) is 1.99. The Hall–Kier alpha value is -1.22. The molecule has 1 N–H and O–H groups in total. The Morgan fingerprint density at radius 3 is 2.55 bits per heavy atom. The summed E-state index contributed by atoms with van der Waals surface area (Å²) in [6, 6.07) is 0. The zero-order valence-electron chi connectivity index (χ0n) is 5.66. The Balaban J connectivity index is 2.88. The number of amidine groups is 1. The van der Waals surface area contributed by atoms with Crippen LogP contribution in [0.3, 0.4) is 0 Å². The first kappa shape index (κ1) is 7.88. The summed E-state index contributed by atoms with van der Waals surface area (Å²) in [7, 11) is 0. The van der Waals surface area contributed by atoms with E-state index in [1.807, 2.05) is 5.73 Å². The summed E-state index contributed by atoms with van der Waals surface area (Å²) in [5.41, 5.74) is 1.06. The van der Waals surface area contributed by atoms with E-state index in [-0.39, 0.29) is 5.84 Å². The van der Waals surface area contributed by atoms with Gasteiger partial charge in [-0.1, -0.05) is 5.73 Å². The molecule has 0 spiro atoms. The molecule has 5 heteroatoms. The topological polar surface area (TPSA) is 24.4 Å².